The van der Waals surface area contributed by atoms with E-state index in [9.17, 15) is 4.79 Å². The highest BCUT2D eigenvalue weighted by molar-refractivity contribution is 14.1. The minimum atomic E-state index is 0. The average Bonchev–Trinajstić information content (AvgIpc) is 2.05. The molecule has 2 heterocycles. The van der Waals surface area contributed by atoms with Crippen LogP contribution in [0.15, 0.2) is 18.5 Å². The van der Waals surface area contributed by atoms with Crippen LogP contribution in [0, 0.1) is 9.49 Å². The lowest BCUT2D eigenvalue weighted by Gasteiger charge is -2.25. The molecule has 0 saturated carbocycles. The summed E-state index contributed by atoms with van der Waals surface area (Å²) in [6, 6.07) is 1.81. The molecule has 1 aromatic rings. The Bertz CT molecular complexity index is 357. The predicted octanol–water partition coefficient (Wildman–Crippen LogP) is 1.27. The molecule has 1 aliphatic rings. The van der Waals surface area contributed by atoms with E-state index in [0.29, 0.717) is 0 Å². The van der Waals surface area contributed by atoms with Crippen molar-refractivity contribution in [2.75, 3.05) is 18.4 Å². The molecule has 1 fully saturated rings. The second kappa shape index (κ2) is 5.62. The predicted molar refractivity (Wildman–Crippen MR) is 69.2 cm³/mol. The number of carbonyl (C=O) groups is 1. The van der Waals surface area contributed by atoms with Gasteiger partial charge >= 0.3 is 0 Å². The summed E-state index contributed by atoms with van der Waals surface area (Å²) < 4.78 is 0.964. The molecule has 0 spiro atoms. The number of pyridine rings is 1. The Balaban J connectivity index is 0.00000112. The fraction of sp³-hybridized carbons (Fsp3) is 0.333. The lowest BCUT2D eigenvalue weighted by Crippen LogP contribution is -2.48. The Morgan fingerprint density at radius 3 is 2.87 bits per heavy atom. The van der Waals surface area contributed by atoms with Crippen LogP contribution in [-0.2, 0) is 4.79 Å². The number of amides is 1. The molecule has 0 radical (unpaired) electrons. The number of anilines is 1. The van der Waals surface area contributed by atoms with E-state index in [1.54, 1.807) is 12.4 Å². The molecule has 4 nitrogen and oxygen atoms in total. The summed E-state index contributed by atoms with van der Waals surface area (Å²) in [5.74, 6) is 0.215. The minimum absolute atomic E-state index is 0. The van der Waals surface area contributed by atoms with Gasteiger partial charge in [0, 0.05) is 25.5 Å². The van der Waals surface area contributed by atoms with E-state index in [1.165, 1.54) is 0 Å². The van der Waals surface area contributed by atoms with E-state index in [2.05, 4.69) is 38.2 Å². The van der Waals surface area contributed by atoms with Crippen LogP contribution in [0.25, 0.3) is 0 Å². The zero-order valence-corrected chi connectivity index (χ0v) is 10.8. The minimum Gasteiger partial charge on any atom is -0.325 e. The number of aromatic nitrogens is 1. The lowest BCUT2D eigenvalue weighted by molar-refractivity contribution is -0.121. The van der Waals surface area contributed by atoms with E-state index in [1.807, 2.05) is 6.07 Å². The quantitative estimate of drug-likeness (QED) is 0.798. The Kier molecular flexibility index (Phi) is 4.75. The van der Waals surface area contributed by atoms with Gasteiger partial charge in [0.05, 0.1) is 15.2 Å². The Morgan fingerprint density at radius 2 is 2.33 bits per heavy atom. The molecular formula is C9H11ClIN3O. The van der Waals surface area contributed by atoms with Crippen molar-refractivity contribution in [2.24, 2.45) is 5.92 Å². The zero-order valence-electron chi connectivity index (χ0n) is 7.87. The van der Waals surface area contributed by atoms with Crippen LogP contribution in [0.5, 0.6) is 0 Å². The SMILES string of the molecule is Cl.O=C(Nc1ccncc1I)C1CNC1. The van der Waals surface area contributed by atoms with Crippen LogP contribution in [0.3, 0.4) is 0 Å². The molecule has 2 N–H and O–H groups in total. The number of hydrogen-bond acceptors (Lipinski definition) is 3. The smallest absolute Gasteiger partial charge is 0.230 e. The highest BCUT2D eigenvalue weighted by atomic mass is 127. The normalized spacial score (nSPS) is 15.0. The summed E-state index contributed by atoms with van der Waals surface area (Å²) in [5, 5.41) is 5.95. The Hall–Kier alpha value is -0.400. The van der Waals surface area contributed by atoms with Gasteiger partial charge in [-0.3, -0.25) is 9.78 Å². The van der Waals surface area contributed by atoms with Gasteiger partial charge in [0.15, 0.2) is 0 Å². The molecule has 1 saturated heterocycles. The van der Waals surface area contributed by atoms with Crippen molar-refractivity contribution < 1.29 is 4.79 Å². The molecule has 2 rings (SSSR count). The fourth-order valence-electron chi connectivity index (χ4n) is 1.19. The first-order valence-electron chi connectivity index (χ1n) is 4.38. The molecular weight excluding hydrogens is 328 g/mol. The van der Waals surface area contributed by atoms with E-state index >= 15 is 0 Å². The topological polar surface area (TPSA) is 54.0 Å². The second-order valence-electron chi connectivity index (χ2n) is 3.20. The summed E-state index contributed by atoms with van der Waals surface area (Å²) in [4.78, 5) is 15.5. The standard InChI is InChI=1S/C9H10IN3O.ClH/c10-7-5-11-2-1-8(7)13-9(14)6-3-12-4-6;/h1-2,5-6,12H,3-4H2,(H,11,13,14);1H. The van der Waals surface area contributed by atoms with Crippen molar-refractivity contribution in [3.05, 3.63) is 22.0 Å². The van der Waals surface area contributed by atoms with Crippen LogP contribution in [-0.4, -0.2) is 24.0 Å². The first-order chi connectivity index (χ1) is 6.77. The van der Waals surface area contributed by atoms with Gasteiger partial charge < -0.3 is 10.6 Å². The fourth-order valence-corrected chi connectivity index (χ4v) is 1.66. The highest BCUT2D eigenvalue weighted by Gasteiger charge is 2.24. The van der Waals surface area contributed by atoms with E-state index in [4.69, 9.17) is 0 Å². The van der Waals surface area contributed by atoms with E-state index < -0.39 is 0 Å². The summed E-state index contributed by atoms with van der Waals surface area (Å²) in [5.41, 5.74) is 0.845. The molecule has 6 heteroatoms. The summed E-state index contributed by atoms with van der Waals surface area (Å²) in [6.07, 6.45) is 3.41. The maximum Gasteiger partial charge on any atom is 0.230 e. The van der Waals surface area contributed by atoms with Gasteiger partial charge in [0.1, 0.15) is 0 Å². The van der Waals surface area contributed by atoms with Gasteiger partial charge in [0.2, 0.25) is 5.91 Å². The zero-order chi connectivity index (χ0) is 9.97. The number of hydrogen-bond donors (Lipinski definition) is 2. The highest BCUT2D eigenvalue weighted by Crippen LogP contribution is 2.17. The van der Waals surface area contributed by atoms with E-state index in [0.717, 1.165) is 22.3 Å². The third-order valence-corrected chi connectivity index (χ3v) is 3.04. The van der Waals surface area contributed by atoms with Crippen molar-refractivity contribution >= 4 is 46.6 Å². The van der Waals surface area contributed by atoms with Crippen molar-refractivity contribution in [3.63, 3.8) is 0 Å². The molecule has 0 atom stereocenters. The molecule has 1 aliphatic heterocycles. The number of carbonyl (C=O) groups excluding carboxylic acids is 1. The first-order valence-corrected chi connectivity index (χ1v) is 5.46. The van der Waals surface area contributed by atoms with Crippen LogP contribution >= 0.6 is 35.0 Å². The van der Waals surface area contributed by atoms with Gasteiger partial charge in [-0.2, -0.15) is 0 Å². The van der Waals surface area contributed by atoms with Crippen molar-refractivity contribution in [1.29, 1.82) is 0 Å². The average molecular weight is 340 g/mol. The molecule has 0 unspecified atom stereocenters. The third-order valence-electron chi connectivity index (χ3n) is 2.18. The van der Waals surface area contributed by atoms with Crippen molar-refractivity contribution in [3.8, 4) is 0 Å². The van der Waals surface area contributed by atoms with Gasteiger partial charge in [-0.15, -0.1) is 12.4 Å². The van der Waals surface area contributed by atoms with Crippen LogP contribution in [0.2, 0.25) is 0 Å². The van der Waals surface area contributed by atoms with Crippen LogP contribution in [0.4, 0.5) is 5.69 Å². The maximum absolute atomic E-state index is 11.6. The number of nitrogens with one attached hydrogen (secondary N) is 2. The monoisotopic (exact) mass is 339 g/mol. The molecule has 0 aromatic carbocycles. The molecule has 1 aromatic heterocycles. The lowest BCUT2D eigenvalue weighted by atomic mass is 10.0. The van der Waals surface area contributed by atoms with Gasteiger partial charge in [-0.05, 0) is 28.7 Å². The number of nitrogens with zero attached hydrogens (tertiary/aromatic N) is 1. The Labute approximate surface area is 108 Å². The maximum atomic E-state index is 11.6. The third kappa shape index (κ3) is 3.02. The number of rotatable bonds is 2. The van der Waals surface area contributed by atoms with Crippen molar-refractivity contribution in [1.82, 2.24) is 10.3 Å². The number of halogens is 2. The van der Waals surface area contributed by atoms with Gasteiger partial charge in [-0.1, -0.05) is 0 Å². The summed E-state index contributed by atoms with van der Waals surface area (Å²) in [6.45, 7) is 1.57. The first kappa shape index (κ1) is 12.7. The molecule has 1 amide bonds. The molecule has 0 aliphatic carbocycles. The van der Waals surface area contributed by atoms with Gasteiger partial charge in [-0.25, -0.2) is 0 Å². The molecule has 82 valence electrons. The van der Waals surface area contributed by atoms with Gasteiger partial charge in [0.25, 0.3) is 0 Å². The van der Waals surface area contributed by atoms with Crippen LogP contribution in [0.1, 0.15) is 0 Å². The summed E-state index contributed by atoms with van der Waals surface area (Å²) >= 11 is 2.15. The largest absolute Gasteiger partial charge is 0.325 e. The Morgan fingerprint density at radius 1 is 1.60 bits per heavy atom. The van der Waals surface area contributed by atoms with Crippen LogP contribution < -0.4 is 10.6 Å². The van der Waals surface area contributed by atoms with E-state index in [-0.39, 0.29) is 24.2 Å². The molecule has 15 heavy (non-hydrogen) atoms. The van der Waals surface area contributed by atoms with Crippen molar-refractivity contribution in [2.45, 2.75) is 0 Å². The molecule has 0 bridgehead atoms. The second-order valence-corrected chi connectivity index (χ2v) is 4.36. The summed E-state index contributed by atoms with van der Waals surface area (Å²) in [7, 11) is 0.